The van der Waals surface area contributed by atoms with Gasteiger partial charge < -0.3 is 24.7 Å². The van der Waals surface area contributed by atoms with E-state index in [4.69, 9.17) is 9.47 Å². The molecule has 2 rings (SSSR count). The number of aliphatic carboxylic acids is 1. The van der Waals surface area contributed by atoms with E-state index in [2.05, 4.69) is 5.32 Å². The Morgan fingerprint density at radius 2 is 2.11 bits per heavy atom. The van der Waals surface area contributed by atoms with Crippen molar-refractivity contribution in [2.45, 2.75) is 25.8 Å². The first-order chi connectivity index (χ1) is 9.10. The van der Waals surface area contributed by atoms with Crippen LogP contribution < -0.4 is 19.9 Å². The zero-order valence-electron chi connectivity index (χ0n) is 10.5. The Labute approximate surface area is 110 Å². The van der Waals surface area contributed by atoms with Gasteiger partial charge in [-0.25, -0.2) is 0 Å². The summed E-state index contributed by atoms with van der Waals surface area (Å²) in [5.74, 6) is -0.285. The minimum atomic E-state index is -1.22. The van der Waals surface area contributed by atoms with Crippen molar-refractivity contribution in [2.75, 3.05) is 6.79 Å². The molecule has 1 aliphatic heterocycles. The van der Waals surface area contributed by atoms with E-state index in [9.17, 15) is 14.7 Å². The highest BCUT2D eigenvalue weighted by molar-refractivity contribution is 5.77. The number of benzene rings is 1. The molecule has 0 radical (unpaired) electrons. The van der Waals surface area contributed by atoms with Crippen LogP contribution in [0.3, 0.4) is 0 Å². The standard InChI is InChI=1S/C13H15NO5/c1-2-12(15)14-9(6-13(16)17)8-3-4-10-11(5-8)19-7-18-10/h3-5,9H,2,6-7H2,1H3,(H,14,15)(H,16,17)/p-1/t9-/m0/s1. The lowest BCUT2D eigenvalue weighted by atomic mass is 10.0. The van der Waals surface area contributed by atoms with Crippen LogP contribution >= 0.6 is 0 Å². The van der Waals surface area contributed by atoms with Crippen LogP contribution in [-0.4, -0.2) is 18.7 Å². The molecule has 1 aliphatic rings. The molecule has 0 bridgehead atoms. The Morgan fingerprint density at radius 1 is 1.37 bits per heavy atom. The fraction of sp³-hybridized carbons (Fsp3) is 0.385. The predicted molar refractivity (Wildman–Crippen MR) is 63.4 cm³/mol. The molecule has 0 aromatic heterocycles. The Kier molecular flexibility index (Phi) is 3.89. The Balaban J connectivity index is 2.21. The van der Waals surface area contributed by atoms with Crippen molar-refractivity contribution < 1.29 is 24.2 Å². The maximum Gasteiger partial charge on any atom is 0.231 e. The van der Waals surface area contributed by atoms with Crippen LogP contribution in [0.25, 0.3) is 0 Å². The van der Waals surface area contributed by atoms with E-state index in [0.717, 1.165) is 0 Å². The Hall–Kier alpha value is -2.24. The van der Waals surface area contributed by atoms with Gasteiger partial charge in [0.05, 0.1) is 6.04 Å². The zero-order chi connectivity index (χ0) is 13.8. The van der Waals surface area contributed by atoms with E-state index in [1.165, 1.54) is 0 Å². The molecule has 1 atom stereocenters. The number of hydrogen-bond acceptors (Lipinski definition) is 5. The van der Waals surface area contributed by atoms with E-state index in [1.54, 1.807) is 25.1 Å². The fourth-order valence-corrected chi connectivity index (χ4v) is 1.85. The third kappa shape index (κ3) is 3.15. The van der Waals surface area contributed by atoms with Gasteiger partial charge in [0, 0.05) is 18.8 Å². The van der Waals surface area contributed by atoms with Gasteiger partial charge in [0.25, 0.3) is 0 Å². The predicted octanol–water partition coefficient (Wildman–Crippen LogP) is 0.123. The molecule has 0 unspecified atom stereocenters. The van der Waals surface area contributed by atoms with Crippen LogP contribution in [0.4, 0.5) is 0 Å². The van der Waals surface area contributed by atoms with Crippen molar-refractivity contribution in [1.82, 2.24) is 5.32 Å². The molecule has 102 valence electrons. The van der Waals surface area contributed by atoms with Gasteiger partial charge in [-0.05, 0) is 17.7 Å². The molecule has 19 heavy (non-hydrogen) atoms. The zero-order valence-corrected chi connectivity index (χ0v) is 10.5. The molecular formula is C13H14NO5-. The molecule has 1 aromatic carbocycles. The SMILES string of the molecule is CCC(=O)N[C@@H](CC(=O)[O-])c1ccc2c(c1)OCO2. The average molecular weight is 264 g/mol. The van der Waals surface area contributed by atoms with Crippen molar-refractivity contribution in [3.05, 3.63) is 23.8 Å². The van der Waals surface area contributed by atoms with E-state index >= 15 is 0 Å². The number of amides is 1. The van der Waals surface area contributed by atoms with Crippen LogP contribution in [-0.2, 0) is 9.59 Å². The first kappa shape index (κ1) is 13.2. The van der Waals surface area contributed by atoms with Gasteiger partial charge in [-0.3, -0.25) is 4.79 Å². The maximum atomic E-state index is 11.4. The van der Waals surface area contributed by atoms with E-state index in [-0.39, 0.29) is 25.5 Å². The van der Waals surface area contributed by atoms with Crippen molar-refractivity contribution in [3.63, 3.8) is 0 Å². The lowest BCUT2D eigenvalue weighted by Crippen LogP contribution is -2.33. The summed E-state index contributed by atoms with van der Waals surface area (Å²) in [6.45, 7) is 1.84. The second kappa shape index (κ2) is 5.60. The van der Waals surface area contributed by atoms with Gasteiger partial charge >= 0.3 is 0 Å². The summed E-state index contributed by atoms with van der Waals surface area (Å²) in [5, 5.41) is 13.4. The van der Waals surface area contributed by atoms with E-state index < -0.39 is 12.0 Å². The maximum absolute atomic E-state index is 11.4. The molecular weight excluding hydrogens is 250 g/mol. The molecule has 0 spiro atoms. The Bertz CT molecular complexity index is 500. The van der Waals surface area contributed by atoms with Crippen molar-refractivity contribution in [1.29, 1.82) is 0 Å². The minimum absolute atomic E-state index is 0.144. The van der Waals surface area contributed by atoms with Crippen molar-refractivity contribution in [2.24, 2.45) is 0 Å². The lowest BCUT2D eigenvalue weighted by molar-refractivity contribution is -0.306. The van der Waals surface area contributed by atoms with Crippen molar-refractivity contribution >= 4 is 11.9 Å². The average Bonchev–Trinajstić information content (AvgIpc) is 2.84. The quantitative estimate of drug-likeness (QED) is 0.816. The van der Waals surface area contributed by atoms with Crippen LogP contribution in [0, 0.1) is 0 Å². The molecule has 1 heterocycles. The van der Waals surface area contributed by atoms with Gasteiger partial charge in [0.15, 0.2) is 11.5 Å². The molecule has 6 nitrogen and oxygen atoms in total. The number of carbonyl (C=O) groups excluding carboxylic acids is 2. The van der Waals surface area contributed by atoms with Gasteiger partial charge in [-0.2, -0.15) is 0 Å². The molecule has 1 aromatic rings. The summed E-state index contributed by atoms with van der Waals surface area (Å²) < 4.78 is 10.4. The number of rotatable bonds is 5. The monoisotopic (exact) mass is 264 g/mol. The first-order valence-electron chi connectivity index (χ1n) is 5.99. The third-order valence-corrected chi connectivity index (χ3v) is 2.83. The summed E-state index contributed by atoms with van der Waals surface area (Å²) in [5.41, 5.74) is 0.648. The summed E-state index contributed by atoms with van der Waals surface area (Å²) in [6.07, 6.45) is -0.000513. The molecule has 0 saturated heterocycles. The highest BCUT2D eigenvalue weighted by Crippen LogP contribution is 2.34. The number of fused-ring (bicyclic) bond motifs is 1. The second-order valence-corrected chi connectivity index (χ2v) is 4.16. The largest absolute Gasteiger partial charge is 0.550 e. The van der Waals surface area contributed by atoms with Gasteiger partial charge in [0.2, 0.25) is 12.7 Å². The summed E-state index contributed by atoms with van der Waals surface area (Å²) in [7, 11) is 0. The number of nitrogens with one attached hydrogen (secondary N) is 1. The summed E-state index contributed by atoms with van der Waals surface area (Å²) in [6, 6.07) is 4.44. The lowest BCUT2D eigenvalue weighted by Gasteiger charge is -2.19. The van der Waals surface area contributed by atoms with Gasteiger partial charge in [0.1, 0.15) is 0 Å². The van der Waals surface area contributed by atoms with Crippen LogP contribution in [0.1, 0.15) is 31.4 Å². The van der Waals surface area contributed by atoms with Crippen LogP contribution in [0.2, 0.25) is 0 Å². The third-order valence-electron chi connectivity index (χ3n) is 2.83. The fourth-order valence-electron chi connectivity index (χ4n) is 1.85. The highest BCUT2D eigenvalue weighted by atomic mass is 16.7. The summed E-state index contributed by atoms with van der Waals surface area (Å²) in [4.78, 5) is 22.2. The smallest absolute Gasteiger partial charge is 0.231 e. The van der Waals surface area contributed by atoms with Crippen molar-refractivity contribution in [3.8, 4) is 11.5 Å². The normalized spacial score (nSPS) is 13.9. The van der Waals surface area contributed by atoms with Gasteiger partial charge in [-0.1, -0.05) is 13.0 Å². The highest BCUT2D eigenvalue weighted by Gasteiger charge is 2.19. The molecule has 6 heteroatoms. The minimum Gasteiger partial charge on any atom is -0.550 e. The first-order valence-corrected chi connectivity index (χ1v) is 5.99. The molecule has 0 aliphatic carbocycles. The van der Waals surface area contributed by atoms with Gasteiger partial charge in [-0.15, -0.1) is 0 Å². The Morgan fingerprint density at radius 3 is 2.79 bits per heavy atom. The second-order valence-electron chi connectivity index (χ2n) is 4.16. The van der Waals surface area contributed by atoms with Crippen LogP contribution in [0.15, 0.2) is 18.2 Å². The van der Waals surface area contributed by atoms with E-state index in [1.807, 2.05) is 0 Å². The van der Waals surface area contributed by atoms with Crippen LogP contribution in [0.5, 0.6) is 11.5 Å². The summed E-state index contributed by atoms with van der Waals surface area (Å²) >= 11 is 0. The number of carboxylic acids is 1. The van der Waals surface area contributed by atoms with E-state index in [0.29, 0.717) is 17.1 Å². The number of hydrogen-bond donors (Lipinski definition) is 1. The molecule has 1 amide bonds. The molecule has 1 N–H and O–H groups in total. The molecule has 0 saturated carbocycles. The number of carboxylic acid groups (broad SMARTS) is 1. The number of ether oxygens (including phenoxy) is 2. The topological polar surface area (TPSA) is 87.7 Å². The molecule has 0 fully saturated rings. The number of carbonyl (C=O) groups is 2.